The van der Waals surface area contributed by atoms with Crippen molar-refractivity contribution >= 4 is 28.3 Å². The van der Waals surface area contributed by atoms with Gasteiger partial charge in [0.2, 0.25) is 0 Å². The smallest absolute Gasteiger partial charge is 0.129 e. The predicted molar refractivity (Wildman–Crippen MR) is 75.0 cm³/mol. The number of halogens is 1. The van der Waals surface area contributed by atoms with E-state index in [0.717, 1.165) is 40.3 Å². The van der Waals surface area contributed by atoms with E-state index in [0.29, 0.717) is 0 Å². The topological polar surface area (TPSA) is 24.9 Å². The van der Waals surface area contributed by atoms with Crippen molar-refractivity contribution in [1.82, 2.24) is 4.98 Å². The maximum atomic E-state index is 6.08. The van der Waals surface area contributed by atoms with Crippen LogP contribution in [0.4, 0.5) is 5.82 Å². The maximum Gasteiger partial charge on any atom is 0.129 e. The molecule has 0 amide bonds. The summed E-state index contributed by atoms with van der Waals surface area (Å²) in [6.45, 7) is 7.15. The Morgan fingerprint density at radius 1 is 1.24 bits per heavy atom. The molecule has 0 atom stereocenters. The van der Waals surface area contributed by atoms with Gasteiger partial charge in [0.05, 0.1) is 5.52 Å². The first-order valence-corrected chi connectivity index (χ1v) is 6.37. The molecule has 1 heterocycles. The van der Waals surface area contributed by atoms with Crippen LogP contribution in [0.1, 0.15) is 25.0 Å². The third kappa shape index (κ3) is 2.37. The molecule has 0 bridgehead atoms. The number of hydrogen-bond donors (Lipinski definition) is 1. The lowest BCUT2D eigenvalue weighted by Gasteiger charge is -2.11. The minimum absolute atomic E-state index is 0.773. The first-order valence-electron chi connectivity index (χ1n) is 5.99. The Kier molecular flexibility index (Phi) is 3.53. The van der Waals surface area contributed by atoms with E-state index in [9.17, 15) is 0 Å². The van der Waals surface area contributed by atoms with Gasteiger partial charge in [-0.1, -0.05) is 18.5 Å². The molecule has 0 unspecified atom stereocenters. The fraction of sp³-hybridized carbons (Fsp3) is 0.357. The molecule has 2 rings (SSSR count). The van der Waals surface area contributed by atoms with E-state index < -0.39 is 0 Å². The van der Waals surface area contributed by atoms with Crippen LogP contribution in [0.25, 0.3) is 10.9 Å². The van der Waals surface area contributed by atoms with Crippen molar-refractivity contribution in [2.45, 2.75) is 27.2 Å². The second kappa shape index (κ2) is 4.92. The first kappa shape index (κ1) is 12.2. The van der Waals surface area contributed by atoms with Gasteiger partial charge in [-0.25, -0.2) is 4.98 Å². The minimum atomic E-state index is 0.773. The van der Waals surface area contributed by atoms with Crippen LogP contribution in [0.2, 0.25) is 5.02 Å². The van der Waals surface area contributed by atoms with Gasteiger partial charge in [-0.15, -0.1) is 0 Å². The summed E-state index contributed by atoms with van der Waals surface area (Å²) < 4.78 is 0. The summed E-state index contributed by atoms with van der Waals surface area (Å²) in [6, 6.07) is 6.11. The zero-order valence-corrected chi connectivity index (χ0v) is 11.2. The van der Waals surface area contributed by atoms with Crippen molar-refractivity contribution in [3.63, 3.8) is 0 Å². The van der Waals surface area contributed by atoms with Crippen molar-refractivity contribution in [3.8, 4) is 0 Å². The highest BCUT2D eigenvalue weighted by Crippen LogP contribution is 2.26. The lowest BCUT2D eigenvalue weighted by atomic mass is 10.1. The monoisotopic (exact) mass is 248 g/mol. The molecular weight excluding hydrogens is 232 g/mol. The van der Waals surface area contributed by atoms with Gasteiger partial charge in [0.25, 0.3) is 0 Å². The molecule has 0 fully saturated rings. The van der Waals surface area contributed by atoms with Crippen LogP contribution >= 0.6 is 11.6 Å². The van der Waals surface area contributed by atoms with Gasteiger partial charge in [-0.2, -0.15) is 0 Å². The average molecular weight is 249 g/mol. The average Bonchev–Trinajstić information content (AvgIpc) is 2.29. The second-order valence-corrected chi connectivity index (χ2v) is 4.61. The van der Waals surface area contributed by atoms with Crippen LogP contribution in [-0.2, 0) is 6.42 Å². The molecule has 90 valence electrons. The quantitative estimate of drug-likeness (QED) is 0.881. The molecule has 2 nitrogen and oxygen atoms in total. The molecule has 0 radical (unpaired) electrons. The van der Waals surface area contributed by atoms with Crippen LogP contribution in [-0.4, -0.2) is 11.5 Å². The summed E-state index contributed by atoms with van der Waals surface area (Å²) in [6.07, 6.45) is 0.969. The van der Waals surface area contributed by atoms with Crippen LogP contribution in [0.3, 0.4) is 0 Å². The van der Waals surface area contributed by atoms with Crippen molar-refractivity contribution in [3.05, 3.63) is 34.3 Å². The van der Waals surface area contributed by atoms with Gasteiger partial charge in [0, 0.05) is 17.0 Å². The molecular formula is C14H17ClN2. The number of fused-ring (bicyclic) bond motifs is 1. The molecule has 0 aliphatic carbocycles. The van der Waals surface area contributed by atoms with Crippen LogP contribution in [0.5, 0.6) is 0 Å². The Balaban J connectivity index is 2.69. The highest BCUT2D eigenvalue weighted by Gasteiger charge is 2.07. The van der Waals surface area contributed by atoms with Gasteiger partial charge >= 0.3 is 0 Å². The number of pyridine rings is 1. The molecule has 0 saturated carbocycles. The fourth-order valence-corrected chi connectivity index (χ4v) is 2.34. The van der Waals surface area contributed by atoms with Crippen molar-refractivity contribution in [1.29, 1.82) is 0 Å². The zero-order chi connectivity index (χ0) is 12.4. The van der Waals surface area contributed by atoms with E-state index in [-0.39, 0.29) is 0 Å². The van der Waals surface area contributed by atoms with E-state index >= 15 is 0 Å². The molecule has 1 aromatic carbocycles. The number of nitrogens with one attached hydrogen (secondary N) is 1. The lowest BCUT2D eigenvalue weighted by molar-refractivity contribution is 1.08. The molecule has 1 N–H and O–H groups in total. The SMILES string of the molecule is CCNc1nc2c(C)cc(Cl)cc2cc1CC. The first-order chi connectivity index (χ1) is 8.15. The Bertz CT molecular complexity index is 549. The van der Waals surface area contributed by atoms with E-state index in [4.69, 9.17) is 16.6 Å². The largest absolute Gasteiger partial charge is 0.370 e. The molecule has 1 aromatic heterocycles. The van der Waals surface area contributed by atoms with Gasteiger partial charge in [-0.05, 0) is 49.6 Å². The van der Waals surface area contributed by atoms with E-state index in [1.807, 2.05) is 19.1 Å². The number of aromatic nitrogens is 1. The summed E-state index contributed by atoms with van der Waals surface area (Å²) in [5, 5.41) is 5.21. The third-order valence-electron chi connectivity index (χ3n) is 2.88. The Hall–Kier alpha value is -1.28. The summed E-state index contributed by atoms with van der Waals surface area (Å²) in [4.78, 5) is 4.71. The molecule has 0 aliphatic rings. The van der Waals surface area contributed by atoms with Gasteiger partial charge < -0.3 is 5.32 Å². The number of anilines is 1. The molecule has 17 heavy (non-hydrogen) atoms. The van der Waals surface area contributed by atoms with Crippen LogP contribution in [0.15, 0.2) is 18.2 Å². The van der Waals surface area contributed by atoms with Crippen molar-refractivity contribution in [2.24, 2.45) is 0 Å². The summed E-state index contributed by atoms with van der Waals surface area (Å²) in [7, 11) is 0. The number of rotatable bonds is 3. The number of hydrogen-bond acceptors (Lipinski definition) is 2. The number of aryl methyl sites for hydroxylation is 2. The predicted octanol–water partition coefficient (Wildman–Crippen LogP) is 4.19. The lowest BCUT2D eigenvalue weighted by Crippen LogP contribution is -2.03. The number of benzene rings is 1. The van der Waals surface area contributed by atoms with Gasteiger partial charge in [-0.3, -0.25) is 0 Å². The molecule has 0 saturated heterocycles. The van der Waals surface area contributed by atoms with E-state index in [2.05, 4.69) is 25.2 Å². The zero-order valence-electron chi connectivity index (χ0n) is 10.5. The summed E-state index contributed by atoms with van der Waals surface area (Å²) >= 11 is 6.08. The summed E-state index contributed by atoms with van der Waals surface area (Å²) in [5.41, 5.74) is 3.39. The Morgan fingerprint density at radius 2 is 2.00 bits per heavy atom. The molecule has 0 aliphatic heterocycles. The highest BCUT2D eigenvalue weighted by atomic mass is 35.5. The fourth-order valence-electron chi connectivity index (χ4n) is 2.05. The molecule has 0 spiro atoms. The van der Waals surface area contributed by atoms with Gasteiger partial charge in [0.15, 0.2) is 0 Å². The number of nitrogens with zero attached hydrogens (tertiary/aromatic N) is 1. The maximum absolute atomic E-state index is 6.08. The van der Waals surface area contributed by atoms with E-state index in [1.165, 1.54) is 5.56 Å². The van der Waals surface area contributed by atoms with Crippen LogP contribution in [0, 0.1) is 6.92 Å². The van der Waals surface area contributed by atoms with Crippen molar-refractivity contribution < 1.29 is 0 Å². The molecule has 3 heteroatoms. The van der Waals surface area contributed by atoms with Crippen LogP contribution < -0.4 is 5.32 Å². The van der Waals surface area contributed by atoms with E-state index in [1.54, 1.807) is 0 Å². The Labute approximate surface area is 107 Å². The normalized spacial score (nSPS) is 10.8. The highest BCUT2D eigenvalue weighted by molar-refractivity contribution is 6.31. The Morgan fingerprint density at radius 3 is 2.65 bits per heavy atom. The minimum Gasteiger partial charge on any atom is -0.370 e. The van der Waals surface area contributed by atoms with Gasteiger partial charge in [0.1, 0.15) is 5.82 Å². The third-order valence-corrected chi connectivity index (χ3v) is 3.10. The standard InChI is InChI=1S/C14H17ClN2/c1-4-10-7-11-8-12(15)6-9(3)13(11)17-14(10)16-5-2/h6-8H,4-5H2,1-3H3,(H,16,17). The second-order valence-electron chi connectivity index (χ2n) is 4.17. The van der Waals surface area contributed by atoms with Crippen molar-refractivity contribution in [2.75, 3.05) is 11.9 Å². The molecule has 2 aromatic rings. The summed E-state index contributed by atoms with van der Waals surface area (Å²) in [5.74, 6) is 0.993.